The Morgan fingerprint density at radius 3 is 2.86 bits per heavy atom. The standard InChI is InChI=1S/C17H16BrNOS/c18-12-8-9-14(16(21)10-12)17(20)19-15-7-3-5-11-4-1-2-6-13(11)15/h1-2,4,6,8-10,15,21H,3,5,7H2,(H,19,20). The number of benzene rings is 2. The summed E-state index contributed by atoms with van der Waals surface area (Å²) in [6, 6.07) is 14.0. The van der Waals surface area contributed by atoms with Gasteiger partial charge in [-0.15, -0.1) is 12.6 Å². The van der Waals surface area contributed by atoms with Crippen LogP contribution in [0.4, 0.5) is 0 Å². The third-order valence-corrected chi connectivity index (χ3v) is 4.74. The second kappa shape index (κ2) is 6.24. The van der Waals surface area contributed by atoms with Gasteiger partial charge in [0.05, 0.1) is 11.6 Å². The van der Waals surface area contributed by atoms with E-state index in [2.05, 4.69) is 52.1 Å². The molecule has 0 aliphatic heterocycles. The second-order valence-corrected chi connectivity index (χ2v) is 6.68. The summed E-state index contributed by atoms with van der Waals surface area (Å²) in [6.45, 7) is 0. The molecule has 4 heteroatoms. The molecule has 108 valence electrons. The molecule has 0 heterocycles. The Bertz CT molecular complexity index is 686. The highest BCUT2D eigenvalue weighted by molar-refractivity contribution is 9.10. The third kappa shape index (κ3) is 3.16. The van der Waals surface area contributed by atoms with Gasteiger partial charge in [0.15, 0.2) is 0 Å². The first-order chi connectivity index (χ1) is 10.1. The molecular weight excluding hydrogens is 346 g/mol. The van der Waals surface area contributed by atoms with Gasteiger partial charge < -0.3 is 5.32 Å². The van der Waals surface area contributed by atoms with Crippen LogP contribution in [0.1, 0.15) is 40.4 Å². The zero-order valence-electron chi connectivity index (χ0n) is 11.5. The molecule has 2 aromatic carbocycles. The van der Waals surface area contributed by atoms with Crippen LogP contribution < -0.4 is 5.32 Å². The van der Waals surface area contributed by atoms with Crippen molar-refractivity contribution < 1.29 is 4.79 Å². The van der Waals surface area contributed by atoms with Gasteiger partial charge in [0.25, 0.3) is 5.91 Å². The van der Waals surface area contributed by atoms with Gasteiger partial charge in [-0.1, -0.05) is 40.2 Å². The Labute approximate surface area is 138 Å². The van der Waals surface area contributed by atoms with E-state index in [0.717, 1.165) is 23.7 Å². The highest BCUT2D eigenvalue weighted by Gasteiger charge is 2.22. The Balaban J connectivity index is 1.83. The van der Waals surface area contributed by atoms with Gasteiger partial charge in [0.2, 0.25) is 0 Å². The highest BCUT2D eigenvalue weighted by Crippen LogP contribution is 2.30. The van der Waals surface area contributed by atoms with Crippen LogP contribution in [-0.2, 0) is 6.42 Å². The smallest absolute Gasteiger partial charge is 0.252 e. The van der Waals surface area contributed by atoms with Gasteiger partial charge >= 0.3 is 0 Å². The molecule has 1 amide bonds. The lowest BCUT2D eigenvalue weighted by Crippen LogP contribution is -2.31. The summed E-state index contributed by atoms with van der Waals surface area (Å²) in [6.07, 6.45) is 3.19. The number of hydrogen-bond acceptors (Lipinski definition) is 2. The Morgan fingerprint density at radius 1 is 1.24 bits per heavy atom. The number of hydrogen-bond donors (Lipinski definition) is 2. The summed E-state index contributed by atoms with van der Waals surface area (Å²) < 4.78 is 0.923. The van der Waals surface area contributed by atoms with Crippen LogP contribution in [-0.4, -0.2) is 5.91 Å². The minimum Gasteiger partial charge on any atom is -0.345 e. The number of rotatable bonds is 2. The monoisotopic (exact) mass is 361 g/mol. The lowest BCUT2D eigenvalue weighted by atomic mass is 9.87. The molecule has 2 nitrogen and oxygen atoms in total. The van der Waals surface area contributed by atoms with E-state index in [4.69, 9.17) is 0 Å². The van der Waals surface area contributed by atoms with Crippen molar-refractivity contribution >= 4 is 34.5 Å². The van der Waals surface area contributed by atoms with E-state index in [0.29, 0.717) is 10.5 Å². The van der Waals surface area contributed by atoms with E-state index >= 15 is 0 Å². The van der Waals surface area contributed by atoms with Crippen LogP contribution >= 0.6 is 28.6 Å². The molecule has 1 atom stereocenters. The average molecular weight is 362 g/mol. The number of halogens is 1. The predicted octanol–water partition coefficient (Wildman–Crippen LogP) is 4.55. The van der Waals surface area contributed by atoms with Gasteiger partial charge in [-0.25, -0.2) is 0 Å². The molecule has 0 saturated carbocycles. The fourth-order valence-corrected chi connectivity index (χ4v) is 3.69. The topological polar surface area (TPSA) is 29.1 Å². The number of thiol groups is 1. The summed E-state index contributed by atoms with van der Waals surface area (Å²) in [4.78, 5) is 13.2. The molecule has 0 saturated heterocycles. The Hall–Kier alpha value is -1.26. The van der Waals surface area contributed by atoms with Crippen LogP contribution in [0, 0.1) is 0 Å². The van der Waals surface area contributed by atoms with Crippen molar-refractivity contribution in [3.05, 3.63) is 63.6 Å². The average Bonchev–Trinajstić information content (AvgIpc) is 2.47. The first-order valence-corrected chi connectivity index (χ1v) is 8.26. The van der Waals surface area contributed by atoms with E-state index in [9.17, 15) is 4.79 Å². The molecule has 0 radical (unpaired) electrons. The summed E-state index contributed by atoms with van der Waals surface area (Å²) in [5.74, 6) is -0.0609. The van der Waals surface area contributed by atoms with Gasteiger partial charge in [0, 0.05) is 9.37 Å². The van der Waals surface area contributed by atoms with Crippen molar-refractivity contribution in [1.82, 2.24) is 5.32 Å². The van der Waals surface area contributed by atoms with E-state index in [1.165, 1.54) is 11.1 Å². The number of aryl methyl sites for hydroxylation is 1. The zero-order chi connectivity index (χ0) is 14.8. The molecule has 2 aromatic rings. The fraction of sp³-hybridized carbons (Fsp3) is 0.235. The highest BCUT2D eigenvalue weighted by atomic mass is 79.9. The van der Waals surface area contributed by atoms with Crippen molar-refractivity contribution in [1.29, 1.82) is 0 Å². The van der Waals surface area contributed by atoms with E-state index in [-0.39, 0.29) is 11.9 Å². The number of fused-ring (bicyclic) bond motifs is 1. The lowest BCUT2D eigenvalue weighted by Gasteiger charge is -2.26. The number of nitrogens with one attached hydrogen (secondary N) is 1. The maximum absolute atomic E-state index is 12.5. The van der Waals surface area contributed by atoms with Crippen molar-refractivity contribution in [2.24, 2.45) is 0 Å². The molecule has 1 aliphatic carbocycles. The van der Waals surface area contributed by atoms with Gasteiger partial charge in [-0.2, -0.15) is 0 Å². The lowest BCUT2D eigenvalue weighted by molar-refractivity contribution is 0.0930. The van der Waals surface area contributed by atoms with Crippen LogP contribution in [0.2, 0.25) is 0 Å². The molecule has 0 bridgehead atoms. The Kier molecular flexibility index (Phi) is 4.36. The third-order valence-electron chi connectivity index (χ3n) is 3.88. The summed E-state index contributed by atoms with van der Waals surface area (Å²) in [7, 11) is 0. The maximum atomic E-state index is 12.5. The minimum absolute atomic E-state index is 0.0609. The van der Waals surface area contributed by atoms with Crippen LogP contribution in [0.15, 0.2) is 51.8 Å². The predicted molar refractivity (Wildman–Crippen MR) is 91.0 cm³/mol. The fourth-order valence-electron chi connectivity index (χ4n) is 2.84. The molecule has 1 N–H and O–H groups in total. The molecule has 21 heavy (non-hydrogen) atoms. The zero-order valence-corrected chi connectivity index (χ0v) is 14.0. The molecule has 3 rings (SSSR count). The molecule has 0 spiro atoms. The van der Waals surface area contributed by atoms with Crippen molar-refractivity contribution in [3.8, 4) is 0 Å². The largest absolute Gasteiger partial charge is 0.345 e. The number of carbonyl (C=O) groups is 1. The van der Waals surface area contributed by atoms with E-state index in [1.54, 1.807) is 6.07 Å². The first-order valence-electron chi connectivity index (χ1n) is 7.02. The second-order valence-electron chi connectivity index (χ2n) is 5.28. The van der Waals surface area contributed by atoms with E-state index < -0.39 is 0 Å². The molecule has 1 aliphatic rings. The number of amides is 1. The SMILES string of the molecule is O=C(NC1CCCc2ccccc21)c1ccc(Br)cc1S. The van der Waals surface area contributed by atoms with Crippen molar-refractivity contribution in [2.45, 2.75) is 30.2 Å². The maximum Gasteiger partial charge on any atom is 0.252 e. The number of carbonyl (C=O) groups excluding carboxylic acids is 1. The van der Waals surface area contributed by atoms with Crippen LogP contribution in [0.25, 0.3) is 0 Å². The van der Waals surface area contributed by atoms with Gasteiger partial charge in [-0.05, 0) is 48.6 Å². The molecule has 0 fully saturated rings. The Morgan fingerprint density at radius 2 is 2.05 bits per heavy atom. The summed E-state index contributed by atoms with van der Waals surface area (Å²) in [5.41, 5.74) is 3.20. The van der Waals surface area contributed by atoms with Gasteiger partial charge in [-0.3, -0.25) is 4.79 Å². The molecular formula is C17H16BrNOS. The van der Waals surface area contributed by atoms with Gasteiger partial charge in [0.1, 0.15) is 0 Å². The summed E-state index contributed by atoms with van der Waals surface area (Å²) in [5, 5.41) is 3.15. The normalized spacial score (nSPS) is 17.1. The van der Waals surface area contributed by atoms with Crippen molar-refractivity contribution in [2.75, 3.05) is 0 Å². The van der Waals surface area contributed by atoms with Crippen LogP contribution in [0.3, 0.4) is 0 Å². The molecule has 0 aromatic heterocycles. The molecule has 1 unspecified atom stereocenters. The quantitative estimate of drug-likeness (QED) is 0.755. The van der Waals surface area contributed by atoms with Crippen LogP contribution in [0.5, 0.6) is 0 Å². The summed E-state index contributed by atoms with van der Waals surface area (Å²) >= 11 is 7.77. The first kappa shape index (κ1) is 14.7. The minimum atomic E-state index is -0.0609. The van der Waals surface area contributed by atoms with E-state index in [1.807, 2.05) is 18.2 Å². The van der Waals surface area contributed by atoms with Crippen molar-refractivity contribution in [3.63, 3.8) is 0 Å².